The molecule has 2 aromatic heterocycles. The molecule has 0 spiro atoms. The van der Waals surface area contributed by atoms with E-state index in [0.29, 0.717) is 0 Å². The van der Waals surface area contributed by atoms with Crippen LogP contribution in [0.1, 0.15) is 25.7 Å². The van der Waals surface area contributed by atoms with Gasteiger partial charge in [0.25, 0.3) is 0 Å². The minimum absolute atomic E-state index is 0.176. The SMILES string of the molecule is CN(C)c1ccc(-c2cc3ncccc3c(N[C@H]3CCCC[C@H]3N)n2)cc1. The number of pyridine rings is 2. The van der Waals surface area contributed by atoms with E-state index in [9.17, 15) is 0 Å². The number of anilines is 2. The number of nitrogens with zero attached hydrogens (tertiary/aromatic N) is 3. The molecular weight excluding hydrogens is 334 g/mol. The summed E-state index contributed by atoms with van der Waals surface area (Å²) in [4.78, 5) is 11.6. The molecule has 0 aliphatic heterocycles. The summed E-state index contributed by atoms with van der Waals surface area (Å²) >= 11 is 0. The van der Waals surface area contributed by atoms with Crippen LogP contribution in [0, 0.1) is 0 Å². The van der Waals surface area contributed by atoms with Crippen molar-refractivity contribution in [3.63, 3.8) is 0 Å². The molecule has 0 radical (unpaired) electrons. The third-order valence-electron chi connectivity index (χ3n) is 5.42. The van der Waals surface area contributed by atoms with Crippen LogP contribution in [-0.2, 0) is 0 Å². The van der Waals surface area contributed by atoms with Gasteiger partial charge in [-0.05, 0) is 43.2 Å². The second kappa shape index (κ2) is 7.53. The largest absolute Gasteiger partial charge is 0.378 e. The molecule has 0 amide bonds. The summed E-state index contributed by atoms with van der Waals surface area (Å²) in [6.07, 6.45) is 6.42. The zero-order valence-corrected chi connectivity index (χ0v) is 16.0. The van der Waals surface area contributed by atoms with Crippen molar-refractivity contribution in [2.75, 3.05) is 24.3 Å². The molecule has 2 heterocycles. The topological polar surface area (TPSA) is 67.1 Å². The normalized spacial score (nSPS) is 19.8. The Labute approximate surface area is 160 Å². The molecule has 4 rings (SSSR count). The maximum Gasteiger partial charge on any atom is 0.136 e. The van der Waals surface area contributed by atoms with Gasteiger partial charge < -0.3 is 16.0 Å². The first-order valence-corrected chi connectivity index (χ1v) is 9.67. The van der Waals surface area contributed by atoms with Gasteiger partial charge in [0.1, 0.15) is 5.82 Å². The van der Waals surface area contributed by atoms with Crippen LogP contribution in [-0.4, -0.2) is 36.1 Å². The molecular formula is C22H27N5. The second-order valence-corrected chi connectivity index (χ2v) is 7.57. The number of hydrogen-bond acceptors (Lipinski definition) is 5. The summed E-state index contributed by atoms with van der Waals surface area (Å²) in [6, 6.07) is 15.0. The number of hydrogen-bond donors (Lipinski definition) is 2. The van der Waals surface area contributed by atoms with Gasteiger partial charge >= 0.3 is 0 Å². The van der Waals surface area contributed by atoms with Crippen LogP contribution in [0.5, 0.6) is 0 Å². The summed E-state index contributed by atoms with van der Waals surface area (Å²) in [5.74, 6) is 0.884. The van der Waals surface area contributed by atoms with E-state index in [0.717, 1.165) is 40.8 Å². The van der Waals surface area contributed by atoms with Crippen molar-refractivity contribution in [3.05, 3.63) is 48.7 Å². The van der Waals surface area contributed by atoms with Gasteiger partial charge in [-0.15, -0.1) is 0 Å². The molecule has 2 atom stereocenters. The standard InChI is InChI=1S/C22H27N5/c1-27(2)16-11-9-15(10-12-16)20-14-21-17(6-5-13-24-21)22(26-20)25-19-8-4-3-7-18(19)23/h5-6,9-14,18-19H,3-4,7-8,23H2,1-2H3,(H,25,26)/t18-,19+/m1/s1. The van der Waals surface area contributed by atoms with Crippen LogP contribution in [0.15, 0.2) is 48.7 Å². The average molecular weight is 361 g/mol. The predicted octanol–water partition coefficient (Wildman–Crippen LogP) is 4.04. The summed E-state index contributed by atoms with van der Waals surface area (Å²) < 4.78 is 0. The summed E-state index contributed by atoms with van der Waals surface area (Å²) in [5.41, 5.74) is 10.5. The van der Waals surface area contributed by atoms with Crippen LogP contribution < -0.4 is 16.0 Å². The fraction of sp³-hybridized carbons (Fsp3) is 0.364. The van der Waals surface area contributed by atoms with Crippen LogP contribution in [0.4, 0.5) is 11.5 Å². The first kappa shape index (κ1) is 17.7. The van der Waals surface area contributed by atoms with Crippen LogP contribution in [0.2, 0.25) is 0 Å². The summed E-state index contributed by atoms with van der Waals surface area (Å²) in [5, 5.41) is 4.67. The van der Waals surface area contributed by atoms with E-state index in [1.54, 1.807) is 0 Å². The van der Waals surface area contributed by atoms with Gasteiger partial charge in [-0.1, -0.05) is 25.0 Å². The molecule has 1 fully saturated rings. The average Bonchev–Trinajstić information content (AvgIpc) is 2.69. The highest BCUT2D eigenvalue weighted by molar-refractivity contribution is 5.92. The van der Waals surface area contributed by atoms with Gasteiger partial charge in [-0.3, -0.25) is 4.98 Å². The van der Waals surface area contributed by atoms with Gasteiger partial charge in [0.05, 0.1) is 11.2 Å². The number of nitrogens with one attached hydrogen (secondary N) is 1. The van der Waals surface area contributed by atoms with Crippen LogP contribution in [0.25, 0.3) is 22.2 Å². The minimum atomic E-state index is 0.176. The van der Waals surface area contributed by atoms with E-state index in [1.807, 2.05) is 26.4 Å². The predicted molar refractivity (Wildman–Crippen MR) is 113 cm³/mol. The van der Waals surface area contributed by atoms with Gasteiger partial charge in [0, 0.05) is 49.0 Å². The van der Waals surface area contributed by atoms with Gasteiger partial charge in [0.2, 0.25) is 0 Å². The molecule has 3 aromatic rings. The lowest BCUT2D eigenvalue weighted by molar-refractivity contribution is 0.403. The van der Waals surface area contributed by atoms with Gasteiger partial charge in [0.15, 0.2) is 0 Å². The molecule has 5 nitrogen and oxygen atoms in total. The molecule has 0 saturated heterocycles. The fourth-order valence-electron chi connectivity index (χ4n) is 3.78. The quantitative estimate of drug-likeness (QED) is 0.734. The molecule has 140 valence electrons. The molecule has 27 heavy (non-hydrogen) atoms. The van der Waals surface area contributed by atoms with Crippen molar-refractivity contribution in [2.45, 2.75) is 37.8 Å². The Morgan fingerprint density at radius 1 is 1.07 bits per heavy atom. The van der Waals surface area contributed by atoms with E-state index >= 15 is 0 Å². The van der Waals surface area contributed by atoms with Gasteiger partial charge in [-0.25, -0.2) is 4.98 Å². The number of rotatable bonds is 4. The molecule has 0 bridgehead atoms. The monoisotopic (exact) mass is 361 g/mol. The fourth-order valence-corrected chi connectivity index (χ4v) is 3.78. The van der Waals surface area contributed by atoms with E-state index in [4.69, 9.17) is 10.7 Å². The van der Waals surface area contributed by atoms with Crippen molar-refractivity contribution >= 4 is 22.4 Å². The van der Waals surface area contributed by atoms with Crippen molar-refractivity contribution in [3.8, 4) is 11.3 Å². The van der Waals surface area contributed by atoms with Crippen molar-refractivity contribution in [1.29, 1.82) is 0 Å². The lowest BCUT2D eigenvalue weighted by Gasteiger charge is -2.30. The number of nitrogens with two attached hydrogens (primary N) is 1. The smallest absolute Gasteiger partial charge is 0.136 e. The summed E-state index contributed by atoms with van der Waals surface area (Å²) in [7, 11) is 4.09. The maximum atomic E-state index is 6.35. The van der Waals surface area contributed by atoms with E-state index < -0.39 is 0 Å². The van der Waals surface area contributed by atoms with Crippen LogP contribution in [0.3, 0.4) is 0 Å². The van der Waals surface area contributed by atoms with Gasteiger partial charge in [-0.2, -0.15) is 0 Å². The Balaban J connectivity index is 1.73. The first-order valence-electron chi connectivity index (χ1n) is 9.67. The lowest BCUT2D eigenvalue weighted by Crippen LogP contribution is -2.42. The first-order chi connectivity index (χ1) is 13.1. The summed E-state index contributed by atoms with van der Waals surface area (Å²) in [6.45, 7) is 0. The molecule has 1 saturated carbocycles. The van der Waals surface area contributed by atoms with Crippen molar-refractivity contribution < 1.29 is 0 Å². The third-order valence-corrected chi connectivity index (χ3v) is 5.42. The molecule has 1 aliphatic rings. The maximum absolute atomic E-state index is 6.35. The Hall–Kier alpha value is -2.66. The number of aromatic nitrogens is 2. The Bertz CT molecular complexity index is 920. The molecule has 5 heteroatoms. The third kappa shape index (κ3) is 3.74. The molecule has 1 aromatic carbocycles. The number of benzene rings is 1. The molecule has 1 aliphatic carbocycles. The van der Waals surface area contributed by atoms with E-state index in [2.05, 4.69) is 51.6 Å². The Morgan fingerprint density at radius 3 is 2.59 bits per heavy atom. The van der Waals surface area contributed by atoms with E-state index in [1.165, 1.54) is 18.5 Å². The Morgan fingerprint density at radius 2 is 1.85 bits per heavy atom. The lowest BCUT2D eigenvalue weighted by atomic mass is 9.91. The highest BCUT2D eigenvalue weighted by Crippen LogP contribution is 2.29. The second-order valence-electron chi connectivity index (χ2n) is 7.57. The number of fused-ring (bicyclic) bond motifs is 1. The molecule has 3 N–H and O–H groups in total. The zero-order chi connectivity index (χ0) is 18.8. The highest BCUT2D eigenvalue weighted by Gasteiger charge is 2.23. The minimum Gasteiger partial charge on any atom is -0.378 e. The zero-order valence-electron chi connectivity index (χ0n) is 16.0. The van der Waals surface area contributed by atoms with Crippen molar-refractivity contribution in [2.24, 2.45) is 5.73 Å². The van der Waals surface area contributed by atoms with Crippen LogP contribution >= 0.6 is 0 Å². The molecule has 0 unspecified atom stereocenters. The van der Waals surface area contributed by atoms with E-state index in [-0.39, 0.29) is 12.1 Å². The Kier molecular flexibility index (Phi) is 4.94. The highest BCUT2D eigenvalue weighted by atomic mass is 15.1. The van der Waals surface area contributed by atoms with Crippen molar-refractivity contribution in [1.82, 2.24) is 9.97 Å².